The molecule has 0 bridgehead atoms. The fraction of sp³-hybridized carbons (Fsp3) is 0.111. The van der Waals surface area contributed by atoms with E-state index in [4.69, 9.17) is 4.74 Å². The van der Waals surface area contributed by atoms with Crippen molar-refractivity contribution in [3.63, 3.8) is 0 Å². The fourth-order valence-corrected chi connectivity index (χ4v) is 3.91. The highest BCUT2D eigenvalue weighted by Gasteiger charge is 2.49. The number of rotatable bonds is 5. The van der Waals surface area contributed by atoms with E-state index in [0.717, 1.165) is 5.56 Å². The maximum atomic E-state index is 13.1. The molecule has 2 aromatic rings. The Labute approximate surface area is 154 Å². The number of hydrogen-bond acceptors (Lipinski definition) is 6. The van der Waals surface area contributed by atoms with E-state index in [9.17, 15) is 19.9 Å². The number of aliphatic carboxylic acids is 1. The van der Waals surface area contributed by atoms with Crippen LogP contribution in [-0.4, -0.2) is 35.8 Å². The number of hydrogen-bond donors (Lipinski definition) is 3. The van der Waals surface area contributed by atoms with Gasteiger partial charge in [0, 0.05) is 6.07 Å². The number of ether oxygens (including phenoxy) is 1. The van der Waals surface area contributed by atoms with Crippen LogP contribution in [0, 0.1) is 0 Å². The molecule has 0 fully saturated rings. The van der Waals surface area contributed by atoms with Crippen molar-refractivity contribution in [2.75, 3.05) is 13.7 Å². The lowest BCUT2D eigenvalue weighted by atomic mass is 10.2. The Balaban J connectivity index is 2.10. The highest BCUT2D eigenvalue weighted by Crippen LogP contribution is 2.44. The van der Waals surface area contributed by atoms with Gasteiger partial charge in [-0.3, -0.25) is 5.21 Å². The predicted octanol–water partition coefficient (Wildman–Crippen LogP) is 2.65. The Morgan fingerprint density at radius 3 is 2.54 bits per heavy atom. The van der Waals surface area contributed by atoms with Crippen LogP contribution in [0.5, 0.6) is 5.75 Å². The normalized spacial score (nSPS) is 20.7. The van der Waals surface area contributed by atoms with E-state index in [1.165, 1.54) is 11.8 Å². The summed E-state index contributed by atoms with van der Waals surface area (Å²) >= 11 is 1.24. The standard InChI is InChI=1S/C18H16N2O5S/c1-25-13-8-6-12(7-9-13)10-16-18(23)20(19-24,11-17(21)22)14-4-2-3-5-15(14)26-16/h2-10,19,24H,11H2,1H3/p+1/b16-10-. The van der Waals surface area contributed by atoms with Gasteiger partial charge in [-0.15, -0.1) is 4.59 Å². The van der Waals surface area contributed by atoms with Crippen LogP contribution in [0.4, 0.5) is 5.69 Å². The smallest absolute Gasteiger partial charge is 0.379 e. The minimum atomic E-state index is -1.22. The van der Waals surface area contributed by atoms with Crippen LogP contribution in [-0.2, 0) is 9.59 Å². The molecule has 0 aromatic heterocycles. The average molecular weight is 373 g/mol. The number of para-hydroxylation sites is 1. The van der Waals surface area contributed by atoms with Crippen molar-refractivity contribution in [2.24, 2.45) is 0 Å². The molecule has 8 heteroatoms. The van der Waals surface area contributed by atoms with Crippen LogP contribution in [0.15, 0.2) is 58.3 Å². The second kappa shape index (κ2) is 7.30. The summed E-state index contributed by atoms with van der Waals surface area (Å²) in [5, 5.41) is 19.0. The number of benzene rings is 2. The number of quaternary nitrogens is 1. The molecule has 134 valence electrons. The van der Waals surface area contributed by atoms with Crippen molar-refractivity contribution in [2.45, 2.75) is 4.90 Å². The van der Waals surface area contributed by atoms with Crippen molar-refractivity contribution in [1.29, 1.82) is 0 Å². The van der Waals surface area contributed by atoms with E-state index in [2.05, 4.69) is 0 Å². The average Bonchev–Trinajstić information content (AvgIpc) is 2.65. The Hall–Kier alpha value is -2.65. The highest BCUT2D eigenvalue weighted by molar-refractivity contribution is 8.04. The number of methoxy groups -OCH3 is 1. The lowest BCUT2D eigenvalue weighted by Crippen LogP contribution is -2.66. The van der Waals surface area contributed by atoms with Gasteiger partial charge in [0.1, 0.15) is 10.7 Å². The molecule has 0 radical (unpaired) electrons. The van der Waals surface area contributed by atoms with E-state index in [-0.39, 0.29) is 0 Å². The number of carboxylic acids is 1. The molecule has 2 aromatic carbocycles. The number of carbonyl (C=O) groups excluding carboxylic acids is 1. The summed E-state index contributed by atoms with van der Waals surface area (Å²) in [6, 6.07) is 14.0. The van der Waals surface area contributed by atoms with E-state index in [0.29, 0.717) is 21.2 Å². The van der Waals surface area contributed by atoms with Gasteiger partial charge in [0.15, 0.2) is 5.69 Å². The third-order valence-corrected chi connectivity index (χ3v) is 5.09. The minimum absolute atomic E-state index is 0.316. The summed E-state index contributed by atoms with van der Waals surface area (Å²) in [4.78, 5) is 25.4. The molecule has 1 aliphatic rings. The molecule has 7 nitrogen and oxygen atoms in total. The van der Waals surface area contributed by atoms with Crippen molar-refractivity contribution < 1.29 is 24.6 Å². The van der Waals surface area contributed by atoms with Crippen LogP contribution in [0.3, 0.4) is 0 Å². The van der Waals surface area contributed by atoms with Crippen LogP contribution in [0.1, 0.15) is 5.56 Å². The van der Waals surface area contributed by atoms with Crippen LogP contribution in [0.25, 0.3) is 6.08 Å². The van der Waals surface area contributed by atoms with Gasteiger partial charge in [0.2, 0.25) is 6.54 Å². The zero-order valence-electron chi connectivity index (χ0n) is 13.9. The molecule has 1 aliphatic heterocycles. The largest absolute Gasteiger partial charge is 0.497 e. The Morgan fingerprint density at radius 2 is 1.92 bits per heavy atom. The van der Waals surface area contributed by atoms with Gasteiger partial charge in [0.25, 0.3) is 0 Å². The van der Waals surface area contributed by atoms with Gasteiger partial charge in [-0.25, -0.2) is 9.59 Å². The van der Waals surface area contributed by atoms with Gasteiger partial charge < -0.3 is 9.84 Å². The van der Waals surface area contributed by atoms with Crippen LogP contribution in [0.2, 0.25) is 0 Å². The summed E-state index contributed by atoms with van der Waals surface area (Å²) < 4.78 is 4.21. The Bertz CT molecular complexity index is 881. The second-order valence-electron chi connectivity index (χ2n) is 5.62. The molecule has 1 amide bonds. The molecular weight excluding hydrogens is 356 g/mol. The van der Waals surface area contributed by atoms with Crippen molar-refractivity contribution in [1.82, 2.24) is 10.2 Å². The van der Waals surface area contributed by atoms with Crippen LogP contribution < -0.4 is 14.9 Å². The van der Waals surface area contributed by atoms with Gasteiger partial charge >= 0.3 is 11.9 Å². The number of carboxylic acid groups (broad SMARTS) is 1. The number of nitrogens with zero attached hydrogens (tertiary/aromatic N) is 1. The molecule has 3 rings (SSSR count). The maximum absolute atomic E-state index is 13.1. The molecule has 0 aliphatic carbocycles. The zero-order chi connectivity index (χ0) is 18.7. The number of amides is 1. The number of thioether (sulfide) groups is 1. The molecule has 0 saturated heterocycles. The minimum Gasteiger partial charge on any atom is -0.497 e. The molecule has 1 heterocycles. The quantitative estimate of drug-likeness (QED) is 0.421. The summed E-state index contributed by atoms with van der Waals surface area (Å²) in [5.41, 5.74) is 3.07. The highest BCUT2D eigenvalue weighted by atomic mass is 32.2. The third-order valence-electron chi connectivity index (χ3n) is 4.01. The van der Waals surface area contributed by atoms with Gasteiger partial charge in [0.05, 0.1) is 12.0 Å². The number of carbonyl (C=O) groups is 2. The summed E-state index contributed by atoms with van der Waals surface area (Å²) in [7, 11) is 1.57. The van der Waals surface area contributed by atoms with Crippen molar-refractivity contribution >= 4 is 35.4 Å². The molecular formula is C18H17N2O5S+. The molecule has 1 unspecified atom stereocenters. The lowest BCUT2D eigenvalue weighted by Gasteiger charge is -2.35. The first-order valence-electron chi connectivity index (χ1n) is 7.69. The molecule has 26 heavy (non-hydrogen) atoms. The predicted molar refractivity (Wildman–Crippen MR) is 97.5 cm³/mol. The first-order chi connectivity index (χ1) is 12.5. The van der Waals surface area contributed by atoms with Gasteiger partial charge in [-0.1, -0.05) is 36.0 Å². The third kappa shape index (κ3) is 3.23. The van der Waals surface area contributed by atoms with Gasteiger partial charge in [-0.05, 0) is 35.4 Å². The Kier molecular flexibility index (Phi) is 5.10. The molecule has 0 spiro atoms. The first kappa shape index (κ1) is 18.2. The number of nitrogens with one attached hydrogen (secondary N) is 1. The van der Waals surface area contributed by atoms with Crippen molar-refractivity contribution in [3.8, 4) is 5.75 Å². The second-order valence-corrected chi connectivity index (χ2v) is 6.70. The number of fused-ring (bicyclic) bond motifs is 1. The summed E-state index contributed by atoms with van der Waals surface area (Å²) in [6.45, 7) is -0.632. The maximum Gasteiger partial charge on any atom is 0.379 e. The van der Waals surface area contributed by atoms with E-state index in [1.54, 1.807) is 61.7 Å². The molecule has 3 N–H and O–H groups in total. The van der Waals surface area contributed by atoms with Gasteiger partial charge in [-0.2, -0.15) is 0 Å². The van der Waals surface area contributed by atoms with E-state index < -0.39 is 23.0 Å². The molecule has 1 atom stereocenters. The van der Waals surface area contributed by atoms with E-state index >= 15 is 0 Å². The van der Waals surface area contributed by atoms with Crippen LogP contribution >= 0.6 is 11.8 Å². The summed E-state index contributed by atoms with van der Waals surface area (Å²) in [5.74, 6) is -1.08. The monoisotopic (exact) mass is 373 g/mol. The fourth-order valence-electron chi connectivity index (χ4n) is 2.76. The SMILES string of the molecule is COc1ccc(/C=C2\Sc3ccccc3[N+](CC(=O)O)(NO)C2=O)cc1. The molecule has 0 saturated carbocycles. The van der Waals surface area contributed by atoms with E-state index in [1.807, 2.05) is 5.59 Å². The zero-order valence-corrected chi connectivity index (χ0v) is 14.7. The Morgan fingerprint density at radius 1 is 1.23 bits per heavy atom. The topological polar surface area (TPSA) is 95.9 Å². The first-order valence-corrected chi connectivity index (χ1v) is 8.51. The summed E-state index contributed by atoms with van der Waals surface area (Å²) in [6.07, 6.45) is 1.66. The van der Waals surface area contributed by atoms with Crippen molar-refractivity contribution in [3.05, 3.63) is 59.0 Å². The lowest BCUT2D eigenvalue weighted by molar-refractivity contribution is -0.151.